The molecule has 2 heteroatoms. The van der Waals surface area contributed by atoms with Crippen LogP contribution >= 0.6 is 0 Å². The predicted molar refractivity (Wildman–Crippen MR) is 62.8 cm³/mol. The first-order chi connectivity index (χ1) is 7.27. The van der Waals surface area contributed by atoms with Gasteiger partial charge in [0, 0.05) is 12.1 Å². The van der Waals surface area contributed by atoms with Crippen molar-refractivity contribution in [2.45, 2.75) is 76.5 Å². The number of aliphatic hydroxyl groups is 1. The van der Waals surface area contributed by atoms with Crippen molar-refractivity contribution >= 4 is 0 Å². The van der Waals surface area contributed by atoms with E-state index in [2.05, 4.69) is 12.2 Å². The van der Waals surface area contributed by atoms with Crippen LogP contribution in [0.2, 0.25) is 0 Å². The minimum atomic E-state index is -0.0870. The molecule has 0 amide bonds. The molecular formula is C13H25NO. The van der Waals surface area contributed by atoms with Crippen molar-refractivity contribution in [1.29, 1.82) is 0 Å². The van der Waals surface area contributed by atoms with Gasteiger partial charge in [0.2, 0.25) is 0 Å². The van der Waals surface area contributed by atoms with E-state index >= 15 is 0 Å². The van der Waals surface area contributed by atoms with Crippen LogP contribution in [-0.4, -0.2) is 23.3 Å². The Kier molecular flexibility index (Phi) is 4.04. The Morgan fingerprint density at radius 3 is 2.33 bits per heavy atom. The number of nitrogens with one attached hydrogen (secondary N) is 1. The smallest absolute Gasteiger partial charge is 0.0693 e. The predicted octanol–water partition coefficient (Wildman–Crippen LogP) is 2.46. The maximum Gasteiger partial charge on any atom is 0.0693 e. The molecule has 88 valence electrons. The molecule has 2 N–H and O–H groups in total. The van der Waals surface area contributed by atoms with Crippen LogP contribution < -0.4 is 5.32 Å². The molecule has 0 spiro atoms. The van der Waals surface area contributed by atoms with Crippen LogP contribution in [0.25, 0.3) is 0 Å². The van der Waals surface area contributed by atoms with Gasteiger partial charge in [-0.2, -0.15) is 0 Å². The van der Waals surface area contributed by atoms with E-state index < -0.39 is 0 Å². The number of rotatable bonds is 3. The zero-order valence-corrected chi connectivity index (χ0v) is 9.91. The Hall–Kier alpha value is -0.0800. The van der Waals surface area contributed by atoms with E-state index in [1.54, 1.807) is 0 Å². The van der Waals surface area contributed by atoms with E-state index in [1.165, 1.54) is 38.5 Å². The minimum Gasteiger partial charge on any atom is -0.392 e. The molecule has 15 heavy (non-hydrogen) atoms. The molecule has 0 bridgehead atoms. The van der Waals surface area contributed by atoms with E-state index in [0.717, 1.165) is 18.8 Å². The van der Waals surface area contributed by atoms with E-state index in [0.29, 0.717) is 12.1 Å². The van der Waals surface area contributed by atoms with Gasteiger partial charge in [-0.1, -0.05) is 19.3 Å². The van der Waals surface area contributed by atoms with Gasteiger partial charge in [-0.3, -0.25) is 0 Å². The van der Waals surface area contributed by atoms with Crippen LogP contribution in [0.4, 0.5) is 0 Å². The molecule has 0 aromatic rings. The van der Waals surface area contributed by atoms with Crippen LogP contribution in [0.15, 0.2) is 0 Å². The maximum atomic E-state index is 9.77. The number of hydrogen-bond donors (Lipinski definition) is 2. The fourth-order valence-electron chi connectivity index (χ4n) is 3.24. The Morgan fingerprint density at radius 1 is 1.00 bits per heavy atom. The molecule has 0 aromatic carbocycles. The molecule has 2 saturated carbocycles. The summed E-state index contributed by atoms with van der Waals surface area (Å²) in [6.45, 7) is 2.31. The van der Waals surface area contributed by atoms with Crippen molar-refractivity contribution in [3.63, 3.8) is 0 Å². The van der Waals surface area contributed by atoms with Crippen molar-refractivity contribution in [3.8, 4) is 0 Å². The Labute approximate surface area is 93.5 Å². The van der Waals surface area contributed by atoms with Crippen LogP contribution in [-0.2, 0) is 0 Å². The SMILES string of the molecule is CC(N[C@@H]1CCC[C@H]1O)C1CCCCC1. The third-order valence-corrected chi connectivity index (χ3v) is 4.31. The molecule has 0 aliphatic heterocycles. The molecule has 2 fully saturated rings. The second-order valence-corrected chi connectivity index (χ2v) is 5.46. The van der Waals surface area contributed by atoms with Gasteiger partial charge in [0.15, 0.2) is 0 Å². The lowest BCUT2D eigenvalue weighted by molar-refractivity contribution is 0.133. The quantitative estimate of drug-likeness (QED) is 0.751. The van der Waals surface area contributed by atoms with Crippen molar-refractivity contribution in [2.24, 2.45) is 5.92 Å². The first-order valence-electron chi connectivity index (χ1n) is 6.71. The Morgan fingerprint density at radius 2 is 1.73 bits per heavy atom. The highest BCUT2D eigenvalue weighted by atomic mass is 16.3. The van der Waals surface area contributed by atoms with Gasteiger partial charge in [0.05, 0.1) is 6.10 Å². The second kappa shape index (κ2) is 5.31. The first-order valence-corrected chi connectivity index (χ1v) is 6.71. The topological polar surface area (TPSA) is 32.3 Å². The van der Waals surface area contributed by atoms with Crippen LogP contribution in [0, 0.1) is 5.92 Å². The second-order valence-electron chi connectivity index (χ2n) is 5.46. The summed E-state index contributed by atoms with van der Waals surface area (Å²) in [5.74, 6) is 0.853. The highest BCUT2D eigenvalue weighted by Crippen LogP contribution is 2.28. The lowest BCUT2D eigenvalue weighted by atomic mass is 9.84. The standard InChI is InChI=1S/C13H25NO/c1-10(11-6-3-2-4-7-11)14-12-8-5-9-13(12)15/h10-15H,2-9H2,1H3/t10?,12-,13-/m1/s1. The van der Waals surface area contributed by atoms with E-state index in [1.807, 2.05) is 0 Å². The highest BCUT2D eigenvalue weighted by Gasteiger charge is 2.28. The van der Waals surface area contributed by atoms with Gasteiger partial charge in [-0.25, -0.2) is 0 Å². The van der Waals surface area contributed by atoms with Crippen LogP contribution in [0.1, 0.15) is 58.3 Å². The Bertz CT molecular complexity index is 189. The normalized spacial score (nSPS) is 35.6. The summed E-state index contributed by atoms with van der Waals surface area (Å²) >= 11 is 0. The van der Waals surface area contributed by atoms with Gasteiger partial charge in [-0.15, -0.1) is 0 Å². The summed E-state index contributed by atoms with van der Waals surface area (Å²) < 4.78 is 0. The first kappa shape index (κ1) is 11.4. The molecule has 3 atom stereocenters. The summed E-state index contributed by atoms with van der Waals surface area (Å²) in [4.78, 5) is 0. The molecule has 0 saturated heterocycles. The third-order valence-electron chi connectivity index (χ3n) is 4.31. The largest absolute Gasteiger partial charge is 0.392 e. The van der Waals surface area contributed by atoms with Gasteiger partial charge >= 0.3 is 0 Å². The molecule has 2 aliphatic carbocycles. The van der Waals surface area contributed by atoms with Crippen LogP contribution in [0.3, 0.4) is 0 Å². The van der Waals surface area contributed by atoms with Gasteiger partial charge in [-0.05, 0) is 44.9 Å². The van der Waals surface area contributed by atoms with Gasteiger partial charge in [0.1, 0.15) is 0 Å². The molecule has 1 unspecified atom stereocenters. The molecular weight excluding hydrogens is 186 g/mol. The van der Waals surface area contributed by atoms with E-state index in [9.17, 15) is 5.11 Å². The van der Waals surface area contributed by atoms with Crippen molar-refractivity contribution in [3.05, 3.63) is 0 Å². The monoisotopic (exact) mass is 211 g/mol. The highest BCUT2D eigenvalue weighted by molar-refractivity contribution is 4.87. The minimum absolute atomic E-state index is 0.0870. The number of aliphatic hydroxyl groups excluding tert-OH is 1. The van der Waals surface area contributed by atoms with Crippen molar-refractivity contribution in [1.82, 2.24) is 5.32 Å². The van der Waals surface area contributed by atoms with Crippen molar-refractivity contribution in [2.75, 3.05) is 0 Å². The van der Waals surface area contributed by atoms with Gasteiger partial charge < -0.3 is 10.4 Å². The molecule has 0 radical (unpaired) electrons. The average Bonchev–Trinajstić information content (AvgIpc) is 2.66. The zero-order valence-electron chi connectivity index (χ0n) is 9.91. The summed E-state index contributed by atoms with van der Waals surface area (Å²) in [7, 11) is 0. The lowest BCUT2D eigenvalue weighted by Crippen LogP contribution is -2.45. The summed E-state index contributed by atoms with van der Waals surface area (Å²) in [5.41, 5.74) is 0. The van der Waals surface area contributed by atoms with Gasteiger partial charge in [0.25, 0.3) is 0 Å². The third kappa shape index (κ3) is 2.94. The number of hydrogen-bond acceptors (Lipinski definition) is 2. The summed E-state index contributed by atoms with van der Waals surface area (Å²) in [6.07, 6.45) is 10.3. The fourth-order valence-corrected chi connectivity index (χ4v) is 3.24. The molecule has 2 aliphatic rings. The summed E-state index contributed by atoms with van der Waals surface area (Å²) in [6, 6.07) is 0.977. The maximum absolute atomic E-state index is 9.77. The lowest BCUT2D eigenvalue weighted by Gasteiger charge is -2.31. The summed E-state index contributed by atoms with van der Waals surface area (Å²) in [5, 5.41) is 13.4. The van der Waals surface area contributed by atoms with E-state index in [4.69, 9.17) is 0 Å². The van der Waals surface area contributed by atoms with Crippen LogP contribution in [0.5, 0.6) is 0 Å². The molecule has 0 heterocycles. The average molecular weight is 211 g/mol. The fraction of sp³-hybridized carbons (Fsp3) is 1.00. The molecule has 2 rings (SSSR count). The Balaban J connectivity index is 1.77. The molecule has 2 nitrogen and oxygen atoms in total. The zero-order chi connectivity index (χ0) is 10.7. The van der Waals surface area contributed by atoms with E-state index in [-0.39, 0.29) is 6.10 Å². The molecule has 0 aromatic heterocycles. The van der Waals surface area contributed by atoms with Crippen molar-refractivity contribution < 1.29 is 5.11 Å².